The number of benzene rings is 5. The van der Waals surface area contributed by atoms with Crippen molar-refractivity contribution in [3.8, 4) is 17.9 Å². The van der Waals surface area contributed by atoms with E-state index in [1.54, 1.807) is 114 Å². The predicted octanol–water partition coefficient (Wildman–Crippen LogP) is 6.85. The molecule has 4 N–H and O–H groups in total. The maximum Gasteiger partial charge on any atom is 0.319 e. The molecule has 0 aliphatic carbocycles. The van der Waals surface area contributed by atoms with E-state index in [0.29, 0.717) is 39.5 Å². The Bertz CT molecular complexity index is 2120. The SMILES string of the molecule is CC(=O)Oc1ccc(CN(C(=O)c2ccc(CNC(=O)Nc3ccc(C#N)cc3)cc2)c2ccc(CNC(=O)Nc3ccc(C#N)cc3)cc2)cc1. The summed E-state index contributed by atoms with van der Waals surface area (Å²) < 4.78 is 5.15. The number of carbonyl (C=O) groups excluding carboxylic acids is 4. The fraction of sp³-hybridized carbons (Fsp3) is 0.100. The Morgan fingerprint density at radius 1 is 0.596 bits per heavy atom. The summed E-state index contributed by atoms with van der Waals surface area (Å²) in [6, 6.07) is 37.3. The van der Waals surface area contributed by atoms with Gasteiger partial charge in [-0.15, -0.1) is 0 Å². The number of anilines is 3. The van der Waals surface area contributed by atoms with Crippen LogP contribution in [-0.2, 0) is 24.4 Å². The van der Waals surface area contributed by atoms with E-state index >= 15 is 0 Å². The number of esters is 1. The van der Waals surface area contributed by atoms with Crippen molar-refractivity contribution >= 4 is 41.0 Å². The Labute approximate surface area is 300 Å². The number of urea groups is 2. The average molecular weight is 692 g/mol. The predicted molar refractivity (Wildman–Crippen MR) is 195 cm³/mol. The Kier molecular flexibility index (Phi) is 11.9. The summed E-state index contributed by atoms with van der Waals surface area (Å²) >= 11 is 0. The number of hydrogen-bond acceptors (Lipinski definition) is 7. The highest BCUT2D eigenvalue weighted by Crippen LogP contribution is 2.23. The van der Waals surface area contributed by atoms with Gasteiger partial charge >= 0.3 is 18.0 Å². The number of carbonyl (C=O) groups is 4. The van der Waals surface area contributed by atoms with Crippen molar-refractivity contribution in [1.82, 2.24) is 10.6 Å². The molecule has 5 aromatic carbocycles. The van der Waals surface area contributed by atoms with Crippen LogP contribution >= 0.6 is 0 Å². The molecule has 0 heterocycles. The first-order chi connectivity index (χ1) is 25.2. The Hall–Kier alpha value is -7.44. The number of amides is 5. The maximum atomic E-state index is 14.0. The summed E-state index contributed by atoms with van der Waals surface area (Å²) in [6.07, 6.45) is 0. The van der Waals surface area contributed by atoms with Gasteiger partial charge in [0.05, 0.1) is 29.8 Å². The zero-order valence-corrected chi connectivity index (χ0v) is 28.1. The second-order valence-electron chi connectivity index (χ2n) is 11.5. The summed E-state index contributed by atoms with van der Waals surface area (Å²) in [7, 11) is 0. The van der Waals surface area contributed by atoms with Crippen LogP contribution in [0.4, 0.5) is 26.7 Å². The van der Waals surface area contributed by atoms with Crippen LogP contribution in [0.2, 0.25) is 0 Å². The lowest BCUT2D eigenvalue weighted by Crippen LogP contribution is -2.31. The van der Waals surface area contributed by atoms with Crippen molar-refractivity contribution in [2.45, 2.75) is 26.6 Å². The number of nitrogens with zero attached hydrogens (tertiary/aromatic N) is 3. The first kappa shape index (κ1) is 35.9. The van der Waals surface area contributed by atoms with Crippen LogP contribution in [-0.4, -0.2) is 23.9 Å². The molecule has 0 radical (unpaired) electrons. The van der Waals surface area contributed by atoms with Crippen LogP contribution in [0.5, 0.6) is 5.75 Å². The summed E-state index contributed by atoms with van der Waals surface area (Å²) in [6.45, 7) is 1.98. The van der Waals surface area contributed by atoms with Crippen LogP contribution in [0.25, 0.3) is 0 Å². The fourth-order valence-electron chi connectivity index (χ4n) is 4.98. The molecule has 0 atom stereocenters. The molecule has 5 rings (SSSR count). The molecule has 0 unspecified atom stereocenters. The van der Waals surface area contributed by atoms with E-state index in [1.165, 1.54) is 6.92 Å². The van der Waals surface area contributed by atoms with Crippen molar-refractivity contribution < 1.29 is 23.9 Å². The van der Waals surface area contributed by atoms with Gasteiger partial charge in [-0.25, -0.2) is 9.59 Å². The van der Waals surface area contributed by atoms with Crippen LogP contribution in [0.3, 0.4) is 0 Å². The summed E-state index contributed by atoms with van der Waals surface area (Å²) in [5.41, 5.74) is 5.50. The summed E-state index contributed by atoms with van der Waals surface area (Å²) in [5, 5.41) is 28.9. The minimum atomic E-state index is -0.434. The summed E-state index contributed by atoms with van der Waals surface area (Å²) in [4.78, 5) is 51.8. The fourth-order valence-corrected chi connectivity index (χ4v) is 4.98. The van der Waals surface area contributed by atoms with E-state index in [0.717, 1.165) is 16.7 Å². The van der Waals surface area contributed by atoms with E-state index in [-0.39, 0.29) is 25.5 Å². The highest BCUT2D eigenvalue weighted by Gasteiger charge is 2.19. The molecule has 12 nitrogen and oxygen atoms in total. The van der Waals surface area contributed by atoms with E-state index < -0.39 is 18.0 Å². The zero-order valence-electron chi connectivity index (χ0n) is 28.1. The third-order valence-electron chi connectivity index (χ3n) is 7.67. The van der Waals surface area contributed by atoms with E-state index in [4.69, 9.17) is 15.3 Å². The molecule has 0 aliphatic heterocycles. The molecular formula is C40H33N7O5. The third kappa shape index (κ3) is 10.3. The number of ether oxygens (including phenoxy) is 1. The molecule has 0 saturated heterocycles. The monoisotopic (exact) mass is 691 g/mol. The van der Waals surface area contributed by atoms with Gasteiger partial charge < -0.3 is 30.9 Å². The van der Waals surface area contributed by atoms with Gasteiger partial charge in [0.1, 0.15) is 5.75 Å². The molecule has 0 spiro atoms. The minimum absolute atomic E-state index is 0.211. The lowest BCUT2D eigenvalue weighted by Gasteiger charge is -2.24. The minimum Gasteiger partial charge on any atom is -0.427 e. The lowest BCUT2D eigenvalue weighted by molar-refractivity contribution is -0.131. The molecule has 5 amide bonds. The van der Waals surface area contributed by atoms with Gasteiger partial charge in [-0.2, -0.15) is 10.5 Å². The van der Waals surface area contributed by atoms with E-state index in [1.807, 2.05) is 24.3 Å². The zero-order chi connectivity index (χ0) is 36.9. The van der Waals surface area contributed by atoms with Crippen LogP contribution in [0.15, 0.2) is 121 Å². The van der Waals surface area contributed by atoms with Crippen molar-refractivity contribution in [2.75, 3.05) is 15.5 Å². The van der Waals surface area contributed by atoms with E-state index in [2.05, 4.69) is 21.3 Å². The van der Waals surface area contributed by atoms with Gasteiger partial charge in [-0.05, 0) is 102 Å². The van der Waals surface area contributed by atoms with Gasteiger partial charge in [0.2, 0.25) is 0 Å². The molecule has 0 fully saturated rings. The topological polar surface area (TPSA) is 176 Å². The second kappa shape index (κ2) is 17.3. The van der Waals surface area contributed by atoms with Gasteiger partial charge in [-0.3, -0.25) is 9.59 Å². The molecule has 0 aromatic heterocycles. The molecule has 5 aromatic rings. The normalized spacial score (nSPS) is 10.1. The van der Waals surface area contributed by atoms with Crippen molar-refractivity contribution in [1.29, 1.82) is 10.5 Å². The molecule has 258 valence electrons. The van der Waals surface area contributed by atoms with E-state index in [9.17, 15) is 19.2 Å². The average Bonchev–Trinajstić information content (AvgIpc) is 3.16. The molecule has 0 saturated carbocycles. The number of nitriles is 2. The molecular weight excluding hydrogens is 658 g/mol. The number of rotatable bonds is 11. The van der Waals surface area contributed by atoms with Crippen LogP contribution in [0.1, 0.15) is 45.1 Å². The standard InChI is InChI=1S/C40H33N7O5/c1-27(48)52-37-20-10-32(11-21-37)26-47(36-18-8-31(9-19-36)25-44-40(51)46-35-16-6-29(23-42)7-17-35)38(49)33-12-2-30(3-13-33)24-43-39(50)45-34-14-4-28(22-41)5-15-34/h2-21H,24-26H2,1H3,(H2,43,45,50)(H2,44,46,51). The quantitative estimate of drug-likeness (QED) is 0.0865. The number of nitrogens with one attached hydrogen (secondary N) is 4. The first-order valence-corrected chi connectivity index (χ1v) is 16.1. The molecule has 0 aliphatic rings. The van der Waals surface area contributed by atoms with Crippen LogP contribution in [0, 0.1) is 22.7 Å². The maximum absolute atomic E-state index is 14.0. The molecule has 12 heteroatoms. The smallest absolute Gasteiger partial charge is 0.319 e. The largest absolute Gasteiger partial charge is 0.427 e. The first-order valence-electron chi connectivity index (χ1n) is 16.1. The van der Waals surface area contributed by atoms with Crippen molar-refractivity contribution in [2.24, 2.45) is 0 Å². The van der Waals surface area contributed by atoms with Gasteiger partial charge in [0.25, 0.3) is 5.91 Å². The Morgan fingerprint density at radius 2 is 1.04 bits per heavy atom. The third-order valence-corrected chi connectivity index (χ3v) is 7.67. The van der Waals surface area contributed by atoms with Crippen molar-refractivity contribution in [3.63, 3.8) is 0 Å². The van der Waals surface area contributed by atoms with Crippen molar-refractivity contribution in [3.05, 3.63) is 155 Å². The highest BCUT2D eigenvalue weighted by molar-refractivity contribution is 6.06. The Balaban J connectivity index is 1.25. The number of hydrogen-bond donors (Lipinski definition) is 4. The highest BCUT2D eigenvalue weighted by atomic mass is 16.5. The van der Waals surface area contributed by atoms with Crippen LogP contribution < -0.4 is 30.9 Å². The Morgan fingerprint density at radius 3 is 1.48 bits per heavy atom. The van der Waals surface area contributed by atoms with Gasteiger partial charge in [0.15, 0.2) is 0 Å². The molecule has 0 bridgehead atoms. The molecule has 52 heavy (non-hydrogen) atoms. The summed E-state index contributed by atoms with van der Waals surface area (Å²) in [5.74, 6) is -0.310. The van der Waals surface area contributed by atoms with Gasteiger partial charge in [0, 0.05) is 42.6 Å². The lowest BCUT2D eigenvalue weighted by atomic mass is 10.1. The van der Waals surface area contributed by atoms with Gasteiger partial charge in [-0.1, -0.05) is 36.4 Å². The second-order valence-corrected chi connectivity index (χ2v) is 11.5.